The smallest absolute Gasteiger partial charge is 0.407 e. The van der Waals surface area contributed by atoms with Crippen molar-refractivity contribution < 1.29 is 42.2 Å². The second kappa shape index (κ2) is 25.2. The van der Waals surface area contributed by atoms with Gasteiger partial charge in [0.1, 0.15) is 29.5 Å². The van der Waals surface area contributed by atoms with Crippen LogP contribution in [0.5, 0.6) is 5.75 Å². The van der Waals surface area contributed by atoms with E-state index in [0.29, 0.717) is 65.7 Å². The van der Waals surface area contributed by atoms with E-state index >= 15 is 4.39 Å². The molecule has 5 aliphatic heterocycles. The van der Waals surface area contributed by atoms with Gasteiger partial charge in [-0.1, -0.05) is 45.1 Å². The van der Waals surface area contributed by atoms with E-state index in [4.69, 9.17) is 24.2 Å². The summed E-state index contributed by atoms with van der Waals surface area (Å²) in [5, 5.41) is 10.1. The lowest BCUT2D eigenvalue weighted by atomic mass is 9.95. The van der Waals surface area contributed by atoms with Gasteiger partial charge in [-0.3, -0.25) is 24.1 Å². The zero-order valence-electron chi connectivity index (χ0n) is 43.4. The quantitative estimate of drug-likeness (QED) is 0.103. The van der Waals surface area contributed by atoms with Crippen LogP contribution in [0.25, 0.3) is 33.3 Å². The van der Waals surface area contributed by atoms with Gasteiger partial charge in [0.2, 0.25) is 18.0 Å². The van der Waals surface area contributed by atoms with E-state index in [1.54, 1.807) is 29.4 Å². The van der Waals surface area contributed by atoms with Gasteiger partial charge in [-0.15, -0.1) is 0 Å². The number of hydrogen-bond donors (Lipinski definition) is 3. The van der Waals surface area contributed by atoms with Crippen LogP contribution in [0.15, 0.2) is 89.2 Å². The number of hydrogen-bond acceptors (Lipinski definition) is 12. The highest BCUT2D eigenvalue weighted by molar-refractivity contribution is 7.59. The first kappa shape index (κ1) is 60.2. The molecule has 10 rings (SSSR count). The van der Waals surface area contributed by atoms with E-state index in [-0.39, 0.29) is 95.5 Å². The molecule has 0 saturated carbocycles. The third-order valence-corrected chi connectivity index (χ3v) is 15.3. The molecule has 0 spiro atoms. The van der Waals surface area contributed by atoms with Gasteiger partial charge in [-0.05, 0) is 114 Å². The molecule has 0 radical (unpaired) electrons. The monoisotopic (exact) mass is 1150 g/mol. The Morgan fingerprint density at radius 3 is 1.83 bits per heavy atom. The van der Waals surface area contributed by atoms with Crippen molar-refractivity contribution in [2.75, 3.05) is 32.6 Å². The van der Waals surface area contributed by atoms with E-state index in [9.17, 15) is 23.6 Å². The summed E-state index contributed by atoms with van der Waals surface area (Å²) in [6, 6.07) is 15.4. The Bertz CT molecular complexity index is 3160. The predicted octanol–water partition coefficient (Wildman–Crippen LogP) is 10.3. The number of nitrogens with one attached hydrogen (secondary N) is 3. The molecule has 16 nitrogen and oxygen atoms in total. The summed E-state index contributed by atoms with van der Waals surface area (Å²) >= 11 is 1.37. The molecule has 3 aromatic carbocycles. The maximum Gasteiger partial charge on any atom is 0.407 e. The molecule has 5 aromatic rings. The highest BCUT2D eigenvalue weighted by atomic mass is 32.1. The molecule has 77 heavy (non-hydrogen) atoms. The van der Waals surface area contributed by atoms with Crippen LogP contribution in [0, 0.1) is 23.5 Å². The number of alkyl carbamates (subject to hydrolysis) is 2. The van der Waals surface area contributed by atoms with Crippen molar-refractivity contribution in [3.8, 4) is 17.0 Å². The number of benzene rings is 3. The van der Waals surface area contributed by atoms with Crippen molar-refractivity contribution in [3.63, 3.8) is 0 Å². The SMILES string of the molecule is COC(=O)N[C@H](C(=O)N1CCC[C@H]1C1=NC=C(c2cc(F)c3c(c2)OC(c2cnc(Nc4ccc(F)cc4)s2)n2c-3cc3cc(C4=CN=C([C@@H]5CCCN5C(=O)[C@@H](NC(=O)OC)C(C)C)C4)ccc32)C1)C(C)C.S.S.S.S. The molecular formula is C54H65F2N9O7S5. The largest absolute Gasteiger partial charge is 0.464 e. The lowest BCUT2D eigenvalue weighted by molar-refractivity contribution is -0.134. The lowest BCUT2D eigenvalue weighted by Crippen LogP contribution is -2.53. The first-order chi connectivity index (χ1) is 35.2. The van der Waals surface area contributed by atoms with Gasteiger partial charge in [0.25, 0.3) is 0 Å². The van der Waals surface area contributed by atoms with Gasteiger partial charge in [0.15, 0.2) is 5.13 Å². The Balaban J connectivity index is 0.00000240. The third kappa shape index (κ3) is 12.0. The van der Waals surface area contributed by atoms with Crippen molar-refractivity contribution in [1.29, 1.82) is 0 Å². The van der Waals surface area contributed by atoms with Crippen LogP contribution >= 0.6 is 65.3 Å². The number of allylic oxidation sites excluding steroid dienone is 2. The summed E-state index contributed by atoms with van der Waals surface area (Å²) in [6.45, 7) is 8.61. The molecule has 5 atom stereocenters. The normalized spacial score (nSPS) is 18.9. The number of likely N-dealkylation sites (tertiary alicyclic amines) is 2. The van der Waals surface area contributed by atoms with E-state index in [1.807, 2.05) is 67.6 Å². The standard InChI is InChI=1S/C54H57F2N9O7S.4H2S/c1-28(2)47(61-53(68)70-5)49(66)63-17-7-9-41(63)38-21-33(25-57-38)30-11-16-40-32(19-30)23-43-46-37(56)20-31(24-44(46)72-51(65(40)43)45-27-59-52(73-45)60-36-14-12-35(55)13-15-36)34-22-39(58-26-34)42-10-8-18-64(42)50(67)48(29(3)4)62-54(69)71-6;;;;/h11-16,19-20,23-29,41-42,47-48,51H,7-10,17-18,21-22H2,1-6H3,(H,59,60)(H,61,68)(H,62,69);4*1H2/t41-,42-,47-,48-,51?;;;;/m0..../s1. The molecule has 1 unspecified atom stereocenters. The van der Waals surface area contributed by atoms with Crippen molar-refractivity contribution in [1.82, 2.24) is 30.0 Å². The fourth-order valence-corrected chi connectivity index (χ4v) is 11.5. The predicted molar refractivity (Wildman–Crippen MR) is 317 cm³/mol. The fraction of sp³-hybridized carbons (Fsp3) is 0.389. The number of methoxy groups -OCH3 is 2. The highest BCUT2D eigenvalue weighted by Gasteiger charge is 2.41. The van der Waals surface area contributed by atoms with Crippen molar-refractivity contribution in [2.24, 2.45) is 21.8 Å². The lowest BCUT2D eigenvalue weighted by Gasteiger charge is -2.31. The number of halogens is 2. The van der Waals surface area contributed by atoms with Gasteiger partial charge in [-0.25, -0.2) is 23.4 Å². The Morgan fingerprint density at radius 1 is 0.727 bits per heavy atom. The number of carbonyl (C=O) groups excluding carboxylic acids is 4. The van der Waals surface area contributed by atoms with Crippen LogP contribution in [0.2, 0.25) is 0 Å². The number of amides is 4. The Kier molecular flexibility index (Phi) is 19.7. The minimum Gasteiger partial charge on any atom is -0.464 e. The fourth-order valence-electron chi connectivity index (χ4n) is 10.6. The van der Waals surface area contributed by atoms with Gasteiger partial charge in [-0.2, -0.15) is 54.0 Å². The topological polar surface area (TPSA) is 181 Å². The highest BCUT2D eigenvalue weighted by Crippen LogP contribution is 2.49. The zero-order chi connectivity index (χ0) is 51.2. The number of thiazole rings is 1. The first-order valence-corrected chi connectivity index (χ1v) is 25.5. The molecule has 4 amide bonds. The number of anilines is 2. The second-order valence-corrected chi connectivity index (χ2v) is 20.7. The summed E-state index contributed by atoms with van der Waals surface area (Å²) < 4.78 is 49.3. The van der Waals surface area contributed by atoms with Gasteiger partial charge < -0.3 is 40.0 Å². The summed E-state index contributed by atoms with van der Waals surface area (Å²) in [5.41, 5.74) is 7.32. The first-order valence-electron chi connectivity index (χ1n) is 24.6. The molecule has 412 valence electrons. The van der Waals surface area contributed by atoms with E-state index in [0.717, 1.165) is 63.2 Å². The van der Waals surface area contributed by atoms with Crippen molar-refractivity contribution >= 4 is 134 Å². The number of rotatable bonds is 13. The van der Waals surface area contributed by atoms with E-state index in [1.165, 1.54) is 43.8 Å². The van der Waals surface area contributed by atoms with Crippen molar-refractivity contribution in [2.45, 2.75) is 96.6 Å². The van der Waals surface area contributed by atoms with Gasteiger partial charge in [0.05, 0.1) is 48.0 Å². The van der Waals surface area contributed by atoms with Crippen LogP contribution < -0.4 is 20.7 Å². The number of aliphatic imine (C=N–C) groups is 2. The van der Waals surface area contributed by atoms with Crippen LogP contribution in [-0.2, 0) is 19.1 Å². The molecule has 0 aliphatic carbocycles. The molecule has 2 saturated heterocycles. The van der Waals surface area contributed by atoms with E-state index < -0.39 is 36.3 Å². The Hall–Kier alpha value is -6.01. The summed E-state index contributed by atoms with van der Waals surface area (Å²) in [4.78, 5) is 70.8. The van der Waals surface area contributed by atoms with Crippen molar-refractivity contribution in [3.05, 3.63) is 107 Å². The Morgan fingerprint density at radius 2 is 1.29 bits per heavy atom. The number of aromatic nitrogens is 2. The van der Waals surface area contributed by atoms with Crippen LogP contribution in [0.3, 0.4) is 0 Å². The summed E-state index contributed by atoms with van der Waals surface area (Å²) in [5.74, 6) is -1.19. The van der Waals surface area contributed by atoms with Crippen LogP contribution in [0.1, 0.15) is 88.5 Å². The molecule has 23 heteroatoms. The minimum atomic E-state index is -0.769. The number of nitrogens with zero attached hydrogens (tertiary/aromatic N) is 6. The summed E-state index contributed by atoms with van der Waals surface area (Å²) in [6.07, 6.45) is 7.21. The maximum atomic E-state index is 17.1. The molecule has 0 bridgehead atoms. The maximum absolute atomic E-state index is 17.1. The number of carbonyl (C=O) groups is 4. The minimum absolute atomic E-state index is 0. The molecule has 7 heterocycles. The van der Waals surface area contributed by atoms with Crippen LogP contribution in [0.4, 0.5) is 29.2 Å². The molecule has 5 aliphatic rings. The van der Waals surface area contributed by atoms with Gasteiger partial charge in [0, 0.05) is 67.0 Å². The van der Waals surface area contributed by atoms with Gasteiger partial charge >= 0.3 is 12.2 Å². The average Bonchev–Trinajstić information content (AvgIpc) is 4.32. The average molecular weight is 1150 g/mol. The van der Waals surface area contributed by atoms with E-state index in [2.05, 4.69) is 27.0 Å². The molecule has 2 aromatic heterocycles. The molecular weight excluding hydrogens is 1080 g/mol. The molecule has 2 fully saturated rings. The molecule has 3 N–H and O–H groups in total. The zero-order valence-corrected chi connectivity index (χ0v) is 48.2. The Labute approximate surface area is 478 Å². The second-order valence-electron chi connectivity index (χ2n) is 19.7. The number of ether oxygens (including phenoxy) is 3. The summed E-state index contributed by atoms with van der Waals surface area (Å²) in [7, 11) is 2.54. The number of fused-ring (bicyclic) bond motifs is 5. The third-order valence-electron chi connectivity index (χ3n) is 14.4. The van der Waals surface area contributed by atoms with Crippen LogP contribution in [-0.4, -0.2) is 106 Å².